The second kappa shape index (κ2) is 12.5. The number of unbranched alkanes of at least 4 members (excludes halogenated alkanes) is 4. The van der Waals surface area contributed by atoms with Gasteiger partial charge in [0.2, 0.25) is 0 Å². The van der Waals surface area contributed by atoms with Crippen LogP contribution >= 0.6 is 0 Å². The van der Waals surface area contributed by atoms with Gasteiger partial charge in [0, 0.05) is 12.1 Å². The monoisotopic (exact) mass is 482 g/mol. The molecular weight excluding hydrogens is 440 g/mol. The summed E-state index contributed by atoms with van der Waals surface area (Å²) in [5.41, 5.74) is 2.19. The molecule has 2 heterocycles. The van der Waals surface area contributed by atoms with Crippen molar-refractivity contribution in [3.63, 3.8) is 0 Å². The van der Waals surface area contributed by atoms with E-state index in [1.807, 2.05) is 12.1 Å². The van der Waals surface area contributed by atoms with Gasteiger partial charge in [-0.2, -0.15) is 0 Å². The summed E-state index contributed by atoms with van der Waals surface area (Å²) in [6.07, 6.45) is 13.1. The van der Waals surface area contributed by atoms with Gasteiger partial charge in [-0.1, -0.05) is 31.4 Å². The molecule has 2 aromatic carbocycles. The van der Waals surface area contributed by atoms with E-state index in [9.17, 15) is 20.4 Å². The third kappa shape index (κ3) is 7.28. The van der Waals surface area contributed by atoms with Crippen LogP contribution in [0.25, 0.3) is 0 Å². The van der Waals surface area contributed by atoms with Gasteiger partial charge in [-0.05, 0) is 113 Å². The smallest absolute Gasteiger partial charge is 0.157 e. The largest absolute Gasteiger partial charge is 0.504 e. The molecule has 0 unspecified atom stereocenters. The maximum atomic E-state index is 9.77. The van der Waals surface area contributed by atoms with Crippen molar-refractivity contribution >= 4 is 0 Å². The van der Waals surface area contributed by atoms with E-state index in [0.29, 0.717) is 12.1 Å². The van der Waals surface area contributed by atoms with Crippen molar-refractivity contribution in [2.24, 2.45) is 0 Å². The Bertz CT molecular complexity index is 875. The van der Waals surface area contributed by atoms with Crippen molar-refractivity contribution < 1.29 is 20.4 Å². The summed E-state index contributed by atoms with van der Waals surface area (Å²) in [6, 6.07) is 11.5. The van der Waals surface area contributed by atoms with Crippen LogP contribution in [-0.4, -0.2) is 68.5 Å². The minimum Gasteiger partial charge on any atom is -0.504 e. The Morgan fingerprint density at radius 3 is 1.43 bits per heavy atom. The Morgan fingerprint density at radius 1 is 0.571 bits per heavy atom. The summed E-state index contributed by atoms with van der Waals surface area (Å²) in [7, 11) is 0. The maximum absolute atomic E-state index is 9.77. The molecule has 4 rings (SSSR count). The number of likely N-dealkylation sites (tertiary alicyclic amines) is 2. The van der Waals surface area contributed by atoms with Gasteiger partial charge < -0.3 is 30.2 Å². The van der Waals surface area contributed by atoms with Crippen LogP contribution in [0.3, 0.4) is 0 Å². The van der Waals surface area contributed by atoms with E-state index >= 15 is 0 Å². The second-order valence-electron chi connectivity index (χ2n) is 10.5. The van der Waals surface area contributed by atoms with Gasteiger partial charge in [-0.25, -0.2) is 0 Å². The van der Waals surface area contributed by atoms with Crippen LogP contribution in [-0.2, 0) is 12.8 Å². The molecule has 2 atom stereocenters. The van der Waals surface area contributed by atoms with Crippen molar-refractivity contribution in [1.82, 2.24) is 9.80 Å². The van der Waals surface area contributed by atoms with Gasteiger partial charge in [0.25, 0.3) is 0 Å². The van der Waals surface area contributed by atoms with Crippen LogP contribution in [0.1, 0.15) is 68.9 Å². The molecule has 4 N–H and O–H groups in total. The maximum Gasteiger partial charge on any atom is 0.157 e. The van der Waals surface area contributed by atoms with Crippen LogP contribution in [0.4, 0.5) is 0 Å². The van der Waals surface area contributed by atoms with E-state index in [-0.39, 0.29) is 23.0 Å². The second-order valence-corrected chi connectivity index (χ2v) is 10.5. The van der Waals surface area contributed by atoms with Gasteiger partial charge in [-0.3, -0.25) is 0 Å². The van der Waals surface area contributed by atoms with Crippen LogP contribution < -0.4 is 0 Å². The Hall–Kier alpha value is -2.44. The van der Waals surface area contributed by atoms with Crippen LogP contribution in [0.2, 0.25) is 0 Å². The summed E-state index contributed by atoms with van der Waals surface area (Å²) in [6.45, 7) is 4.65. The van der Waals surface area contributed by atoms with Crippen molar-refractivity contribution in [2.75, 3.05) is 26.2 Å². The normalized spacial score (nSPS) is 21.1. The fourth-order valence-electron chi connectivity index (χ4n) is 5.94. The predicted octanol–water partition coefficient (Wildman–Crippen LogP) is 5.17. The molecule has 2 saturated heterocycles. The van der Waals surface area contributed by atoms with Gasteiger partial charge >= 0.3 is 0 Å². The highest BCUT2D eigenvalue weighted by Crippen LogP contribution is 2.29. The highest BCUT2D eigenvalue weighted by Gasteiger charge is 2.25. The number of aromatic hydroxyl groups is 4. The summed E-state index contributed by atoms with van der Waals surface area (Å²) in [4.78, 5) is 5.22. The number of phenols is 4. The number of phenolic OH excluding ortho intramolecular Hbond substituents is 4. The number of hydrogen-bond acceptors (Lipinski definition) is 6. The third-order valence-corrected chi connectivity index (χ3v) is 7.91. The molecule has 2 aliphatic heterocycles. The Morgan fingerprint density at radius 2 is 1.00 bits per heavy atom. The lowest BCUT2D eigenvalue weighted by Gasteiger charge is -2.25. The topological polar surface area (TPSA) is 87.4 Å². The fourth-order valence-corrected chi connectivity index (χ4v) is 5.94. The molecule has 0 aliphatic carbocycles. The molecule has 0 radical (unpaired) electrons. The minimum absolute atomic E-state index is 0.0213. The highest BCUT2D eigenvalue weighted by molar-refractivity contribution is 5.41. The predicted molar refractivity (Wildman–Crippen MR) is 139 cm³/mol. The Balaban J connectivity index is 1.10. The standard InChI is InChI=1S/C29H42N2O4/c32-26-12-10-22(20-28(26)34)18-24-8-6-16-30(24)14-4-2-1-3-5-15-31-17-7-9-25(31)19-23-11-13-27(33)29(35)21-23/h10-13,20-21,24-25,32-35H,1-9,14-19H2/t24-,25-/m1/s1. The van der Waals surface area contributed by atoms with Gasteiger partial charge in [-0.15, -0.1) is 0 Å². The zero-order chi connectivity index (χ0) is 24.6. The molecule has 0 amide bonds. The van der Waals surface area contributed by atoms with Crippen LogP contribution in [0.5, 0.6) is 23.0 Å². The quantitative estimate of drug-likeness (QED) is 0.247. The first-order valence-electron chi connectivity index (χ1n) is 13.5. The van der Waals surface area contributed by atoms with Crippen LogP contribution in [0.15, 0.2) is 36.4 Å². The lowest BCUT2D eigenvalue weighted by atomic mass is 10.0. The molecule has 0 aromatic heterocycles. The first-order chi connectivity index (χ1) is 17.0. The number of benzene rings is 2. The molecular formula is C29H42N2O4. The minimum atomic E-state index is -0.0464. The van der Waals surface area contributed by atoms with E-state index < -0.39 is 0 Å². The van der Waals surface area contributed by atoms with E-state index in [2.05, 4.69) is 9.80 Å². The molecule has 2 fully saturated rings. The van der Waals surface area contributed by atoms with Gasteiger partial charge in [0.1, 0.15) is 0 Å². The molecule has 192 valence electrons. The van der Waals surface area contributed by atoms with E-state index in [1.165, 1.54) is 70.9 Å². The molecule has 2 aliphatic rings. The summed E-state index contributed by atoms with van der Waals surface area (Å²) in [5, 5.41) is 38.6. The summed E-state index contributed by atoms with van der Waals surface area (Å²) < 4.78 is 0. The zero-order valence-corrected chi connectivity index (χ0v) is 20.9. The average molecular weight is 483 g/mol. The van der Waals surface area contributed by atoms with Crippen molar-refractivity contribution in [3.8, 4) is 23.0 Å². The van der Waals surface area contributed by atoms with E-state index in [4.69, 9.17) is 0 Å². The number of hydrogen-bond donors (Lipinski definition) is 4. The summed E-state index contributed by atoms with van der Waals surface area (Å²) >= 11 is 0. The van der Waals surface area contributed by atoms with Gasteiger partial charge in [0.05, 0.1) is 0 Å². The van der Waals surface area contributed by atoms with Gasteiger partial charge in [0.15, 0.2) is 23.0 Å². The average Bonchev–Trinajstić information content (AvgIpc) is 3.47. The molecule has 2 aromatic rings. The van der Waals surface area contributed by atoms with Crippen LogP contribution in [0, 0.1) is 0 Å². The SMILES string of the molecule is Oc1ccc(C[C@H]2CCCN2CCCCCCCN2CCC[C@@H]2Cc2ccc(O)c(O)c2)cc1O. The van der Waals surface area contributed by atoms with Crippen molar-refractivity contribution in [1.29, 1.82) is 0 Å². The fraction of sp³-hybridized carbons (Fsp3) is 0.586. The number of nitrogens with zero attached hydrogens (tertiary/aromatic N) is 2. The Kier molecular flexibility index (Phi) is 9.16. The molecule has 0 bridgehead atoms. The Labute approximate surface area is 209 Å². The van der Waals surface area contributed by atoms with Crippen molar-refractivity contribution in [2.45, 2.75) is 82.7 Å². The molecule has 0 spiro atoms. The summed E-state index contributed by atoms with van der Waals surface area (Å²) in [5.74, 6) is -0.135. The zero-order valence-electron chi connectivity index (χ0n) is 20.9. The lowest BCUT2D eigenvalue weighted by molar-refractivity contribution is 0.240. The first kappa shape index (κ1) is 25.6. The molecule has 6 heteroatoms. The van der Waals surface area contributed by atoms with E-state index in [1.54, 1.807) is 24.3 Å². The third-order valence-electron chi connectivity index (χ3n) is 7.91. The lowest BCUT2D eigenvalue weighted by Crippen LogP contribution is -2.32. The molecule has 0 saturated carbocycles. The first-order valence-corrected chi connectivity index (χ1v) is 13.5. The molecule has 6 nitrogen and oxygen atoms in total. The van der Waals surface area contributed by atoms with E-state index in [0.717, 1.165) is 37.1 Å². The van der Waals surface area contributed by atoms with Crippen molar-refractivity contribution in [3.05, 3.63) is 47.5 Å². The highest BCUT2D eigenvalue weighted by atomic mass is 16.3. The molecule has 35 heavy (non-hydrogen) atoms. The number of rotatable bonds is 12.